The monoisotopic (exact) mass is 524 g/mol. The predicted molar refractivity (Wildman–Crippen MR) is 141 cm³/mol. The van der Waals surface area contributed by atoms with Crippen molar-refractivity contribution in [1.82, 2.24) is 25.3 Å². The van der Waals surface area contributed by atoms with Gasteiger partial charge in [0.15, 0.2) is 11.6 Å². The van der Waals surface area contributed by atoms with E-state index in [4.69, 9.17) is 15.2 Å². The number of hydrogen-bond donors (Lipinski definition) is 3. The number of nitrogens with two attached hydrogens (primary N) is 1. The Kier molecular flexibility index (Phi) is 7.26. The van der Waals surface area contributed by atoms with Gasteiger partial charge in [0.25, 0.3) is 5.91 Å². The summed E-state index contributed by atoms with van der Waals surface area (Å²) in [6.07, 6.45) is 4.47. The maximum Gasteiger partial charge on any atom is 0.254 e. The van der Waals surface area contributed by atoms with Crippen molar-refractivity contribution in [3.05, 3.63) is 46.4 Å². The molecule has 3 atom stereocenters. The summed E-state index contributed by atoms with van der Waals surface area (Å²) in [5, 5.41) is 7.40. The summed E-state index contributed by atoms with van der Waals surface area (Å²) in [4.78, 5) is 34.9. The third-order valence-electron chi connectivity index (χ3n) is 8.49. The van der Waals surface area contributed by atoms with Crippen molar-refractivity contribution < 1.29 is 18.5 Å². The van der Waals surface area contributed by atoms with Crippen LogP contribution < -0.4 is 11.1 Å². The van der Waals surface area contributed by atoms with E-state index >= 15 is 4.39 Å². The van der Waals surface area contributed by atoms with Gasteiger partial charge in [-0.15, -0.1) is 0 Å². The van der Waals surface area contributed by atoms with Crippen molar-refractivity contribution >= 4 is 22.8 Å². The third kappa shape index (κ3) is 4.59. The van der Waals surface area contributed by atoms with Crippen molar-refractivity contribution in [3.63, 3.8) is 0 Å². The second-order valence-corrected chi connectivity index (χ2v) is 11.2. The van der Waals surface area contributed by atoms with Crippen LogP contribution in [-0.2, 0) is 11.2 Å². The first-order valence-electron chi connectivity index (χ1n) is 13.6. The number of aromatic nitrogens is 3. The number of hydrogen-bond acceptors (Lipinski definition) is 6. The molecular formula is C28H37FN6O3. The van der Waals surface area contributed by atoms with Crippen molar-refractivity contribution in [1.29, 1.82) is 0 Å². The Labute approximate surface area is 221 Å². The van der Waals surface area contributed by atoms with Crippen LogP contribution in [0.3, 0.4) is 0 Å². The van der Waals surface area contributed by atoms with E-state index in [0.29, 0.717) is 59.4 Å². The standard InChI is InChI=1S/C28H37FN6O3/c1-5-19-22(26(30)36)25(38-34-19)21(15-8-6-14(2)7-9-15)27-32-20-11-10-16(23(29)24(20)33-27)17-12-31-13-18(17)28(37)35(3)4/h10-11,14-15,17-18,21,31H,5-9,12-13H2,1-4H3,(H2,30,36)(H,32,33)/t14?,15?,17?,18?,21-/m1/s1. The molecule has 3 aromatic rings. The second kappa shape index (κ2) is 10.5. The number of nitrogens with zero attached hydrogens (tertiary/aromatic N) is 3. The van der Waals surface area contributed by atoms with Gasteiger partial charge in [-0.3, -0.25) is 9.59 Å². The fraction of sp³-hybridized carbons (Fsp3) is 0.571. The number of H-pyrrole nitrogens is 1. The number of carbonyl (C=O) groups excluding carboxylic acids is 2. The molecule has 10 heteroatoms. The zero-order chi connectivity index (χ0) is 27.1. The Morgan fingerprint density at radius 1 is 1.21 bits per heavy atom. The number of nitrogens with one attached hydrogen (secondary N) is 2. The summed E-state index contributed by atoms with van der Waals surface area (Å²) in [6, 6.07) is 3.58. The number of amides is 2. The largest absolute Gasteiger partial charge is 0.365 e. The van der Waals surface area contributed by atoms with Crippen LogP contribution in [0.1, 0.15) is 84.6 Å². The first-order chi connectivity index (χ1) is 18.2. The van der Waals surface area contributed by atoms with Crippen LogP contribution in [0.15, 0.2) is 16.7 Å². The van der Waals surface area contributed by atoms with Crippen LogP contribution in [0.4, 0.5) is 4.39 Å². The van der Waals surface area contributed by atoms with Crippen molar-refractivity contribution in [2.45, 2.75) is 57.8 Å². The lowest BCUT2D eigenvalue weighted by Gasteiger charge is -2.30. The lowest BCUT2D eigenvalue weighted by atomic mass is 9.74. The molecule has 5 rings (SSSR count). The molecule has 2 fully saturated rings. The Balaban J connectivity index is 1.59. The van der Waals surface area contributed by atoms with Crippen LogP contribution in [0.5, 0.6) is 0 Å². The van der Waals surface area contributed by atoms with Crippen LogP contribution in [0, 0.1) is 23.6 Å². The van der Waals surface area contributed by atoms with E-state index in [9.17, 15) is 9.59 Å². The fourth-order valence-corrected chi connectivity index (χ4v) is 6.34. The molecule has 1 aliphatic heterocycles. The van der Waals surface area contributed by atoms with Crippen LogP contribution in [0.2, 0.25) is 0 Å². The average molecular weight is 525 g/mol. The summed E-state index contributed by atoms with van der Waals surface area (Å²) in [6.45, 7) is 5.17. The van der Waals surface area contributed by atoms with Gasteiger partial charge in [0.1, 0.15) is 16.9 Å². The molecule has 4 N–H and O–H groups in total. The Morgan fingerprint density at radius 2 is 1.95 bits per heavy atom. The summed E-state index contributed by atoms with van der Waals surface area (Å²) in [5.41, 5.74) is 7.89. The smallest absolute Gasteiger partial charge is 0.254 e. The zero-order valence-electron chi connectivity index (χ0n) is 22.5. The maximum absolute atomic E-state index is 16.1. The first kappa shape index (κ1) is 26.3. The van der Waals surface area contributed by atoms with E-state index in [1.807, 2.05) is 13.0 Å². The number of fused-ring (bicyclic) bond motifs is 1. The molecule has 1 aliphatic carbocycles. The Hall–Kier alpha value is -3.27. The van der Waals surface area contributed by atoms with Gasteiger partial charge in [-0.2, -0.15) is 0 Å². The molecule has 1 aromatic carbocycles. The molecule has 0 radical (unpaired) electrons. The molecule has 0 bridgehead atoms. The van der Waals surface area contributed by atoms with Gasteiger partial charge in [0.05, 0.1) is 23.0 Å². The zero-order valence-corrected chi connectivity index (χ0v) is 22.5. The summed E-state index contributed by atoms with van der Waals surface area (Å²) in [5.74, 6) is -0.333. The molecule has 2 amide bonds. The number of carbonyl (C=O) groups is 2. The quantitative estimate of drug-likeness (QED) is 0.432. The van der Waals surface area contributed by atoms with Gasteiger partial charge < -0.3 is 25.5 Å². The van der Waals surface area contributed by atoms with Crippen molar-refractivity contribution in [3.8, 4) is 0 Å². The third-order valence-corrected chi connectivity index (χ3v) is 8.49. The maximum atomic E-state index is 16.1. The second-order valence-electron chi connectivity index (χ2n) is 11.2. The number of rotatable bonds is 7. The Morgan fingerprint density at radius 3 is 2.61 bits per heavy atom. The minimum absolute atomic E-state index is 0.0233. The topological polar surface area (TPSA) is 130 Å². The number of halogens is 1. The lowest BCUT2D eigenvalue weighted by molar-refractivity contribution is -0.132. The summed E-state index contributed by atoms with van der Waals surface area (Å²) in [7, 11) is 3.44. The highest BCUT2D eigenvalue weighted by Crippen LogP contribution is 2.43. The van der Waals surface area contributed by atoms with E-state index in [0.717, 1.165) is 25.7 Å². The van der Waals surface area contributed by atoms with Gasteiger partial charge in [0.2, 0.25) is 5.91 Å². The highest BCUT2D eigenvalue weighted by atomic mass is 19.1. The molecule has 38 heavy (non-hydrogen) atoms. The molecule has 204 valence electrons. The molecule has 3 heterocycles. The lowest BCUT2D eigenvalue weighted by Crippen LogP contribution is -2.33. The highest BCUT2D eigenvalue weighted by molar-refractivity contribution is 5.95. The van der Waals surface area contributed by atoms with E-state index in [2.05, 4.69) is 22.4 Å². The van der Waals surface area contributed by atoms with E-state index in [1.165, 1.54) is 0 Å². The molecule has 0 spiro atoms. The normalized spacial score (nSPS) is 24.6. The number of imidazole rings is 1. The number of benzene rings is 1. The van der Waals surface area contributed by atoms with E-state index in [-0.39, 0.29) is 29.2 Å². The van der Waals surface area contributed by atoms with Crippen LogP contribution >= 0.6 is 0 Å². The van der Waals surface area contributed by atoms with Gasteiger partial charge in [-0.05, 0) is 42.7 Å². The minimum atomic E-state index is -0.581. The van der Waals surface area contributed by atoms with Crippen molar-refractivity contribution in [2.75, 3.05) is 27.2 Å². The number of primary amides is 1. The summed E-state index contributed by atoms with van der Waals surface area (Å²) < 4.78 is 21.8. The van der Waals surface area contributed by atoms with Crippen LogP contribution in [-0.4, -0.2) is 59.0 Å². The molecule has 1 saturated heterocycles. The highest BCUT2D eigenvalue weighted by Gasteiger charge is 2.39. The minimum Gasteiger partial charge on any atom is -0.365 e. The van der Waals surface area contributed by atoms with Crippen LogP contribution in [0.25, 0.3) is 11.0 Å². The van der Waals surface area contributed by atoms with Gasteiger partial charge in [-0.25, -0.2) is 9.37 Å². The molecular weight excluding hydrogens is 487 g/mol. The van der Waals surface area contributed by atoms with E-state index < -0.39 is 17.6 Å². The van der Waals surface area contributed by atoms with Gasteiger partial charge in [0, 0.05) is 33.1 Å². The van der Waals surface area contributed by atoms with Gasteiger partial charge in [-0.1, -0.05) is 37.9 Å². The number of aromatic amines is 1. The molecule has 2 unspecified atom stereocenters. The number of aryl methyl sites for hydroxylation is 1. The SMILES string of the molecule is CCc1noc([C@H](c2nc3c(F)c(C4CNCC4C(=O)N(C)C)ccc3[nH]2)C2CCC(C)CC2)c1C(N)=O. The fourth-order valence-electron chi connectivity index (χ4n) is 6.34. The Bertz CT molecular complexity index is 1340. The average Bonchev–Trinajstić information content (AvgIpc) is 3.63. The van der Waals surface area contributed by atoms with Gasteiger partial charge >= 0.3 is 0 Å². The predicted octanol–water partition coefficient (Wildman–Crippen LogP) is 3.70. The van der Waals surface area contributed by atoms with E-state index in [1.54, 1.807) is 25.1 Å². The first-order valence-corrected chi connectivity index (χ1v) is 13.6. The summed E-state index contributed by atoms with van der Waals surface area (Å²) >= 11 is 0. The molecule has 2 aromatic heterocycles. The molecule has 1 saturated carbocycles. The molecule has 9 nitrogen and oxygen atoms in total. The van der Waals surface area contributed by atoms with Crippen molar-refractivity contribution in [2.24, 2.45) is 23.5 Å². The molecule has 2 aliphatic rings.